The lowest BCUT2D eigenvalue weighted by molar-refractivity contribution is 0.0507. The van der Waals surface area contributed by atoms with Crippen LogP contribution in [0.3, 0.4) is 0 Å². The molecule has 0 N–H and O–H groups in total. The van der Waals surface area contributed by atoms with Crippen LogP contribution in [0.1, 0.15) is 99.5 Å². The van der Waals surface area contributed by atoms with Gasteiger partial charge in [0.2, 0.25) is 0 Å². The Kier molecular flexibility index (Phi) is 11.4. The molecule has 0 amide bonds. The first-order chi connectivity index (χ1) is 19.5. The molecule has 0 aliphatic heterocycles. The van der Waals surface area contributed by atoms with E-state index in [0.29, 0.717) is 68.3 Å². The monoisotopic (exact) mass is 572 g/mol. The maximum absolute atomic E-state index is 12.2. The Morgan fingerprint density at radius 1 is 0.805 bits per heavy atom. The summed E-state index contributed by atoms with van der Waals surface area (Å²) < 4.78 is 13.4. The van der Waals surface area contributed by atoms with Crippen LogP contribution in [-0.2, 0) is 35.4 Å². The van der Waals surface area contributed by atoms with Gasteiger partial charge in [0.25, 0.3) is 0 Å². The molecule has 0 saturated heterocycles. The molecule has 2 aliphatic rings. The highest BCUT2D eigenvalue weighted by Gasteiger charge is 2.31. The van der Waals surface area contributed by atoms with Gasteiger partial charge in [-0.25, -0.2) is 9.59 Å². The number of carbonyl (C=O) groups is 4. The van der Waals surface area contributed by atoms with Crippen LogP contribution in [0.2, 0.25) is 0 Å². The van der Waals surface area contributed by atoms with Gasteiger partial charge in [0.1, 0.15) is 11.4 Å². The van der Waals surface area contributed by atoms with Crippen molar-refractivity contribution in [2.45, 2.75) is 78.4 Å². The molecule has 0 bridgehead atoms. The van der Waals surface area contributed by atoms with Crippen molar-refractivity contribution < 1.29 is 28.7 Å². The molecule has 2 heterocycles. The third-order valence-corrected chi connectivity index (χ3v) is 7.31. The molecule has 1 atom stereocenters. The minimum atomic E-state index is -0.431. The molecule has 2 aromatic heterocycles. The van der Waals surface area contributed by atoms with E-state index in [1.807, 2.05) is 33.1 Å². The molecule has 0 spiro atoms. The number of Topliss-reactive ketones (excluding diaryl/α,β-unsaturated/α-hetero) is 2. The highest BCUT2D eigenvalue weighted by molar-refractivity contribution is 6.01. The van der Waals surface area contributed by atoms with Crippen LogP contribution in [0.4, 0.5) is 0 Å². The predicted octanol–water partition coefficient (Wildman–Crippen LogP) is 2.67. The Hall–Kier alpha value is -3.38. The summed E-state index contributed by atoms with van der Waals surface area (Å²) in [6, 6.07) is 0.221. The zero-order valence-electron chi connectivity index (χ0n) is 25.5. The van der Waals surface area contributed by atoms with Crippen molar-refractivity contribution in [3.8, 4) is 0 Å². The van der Waals surface area contributed by atoms with E-state index in [-0.39, 0.29) is 17.6 Å². The largest absolute Gasteiger partial charge is 0.461 e. The summed E-state index contributed by atoms with van der Waals surface area (Å²) in [5.74, 6) is -0.708. The fraction of sp³-hybridized carbons (Fsp3) is 0.655. The van der Waals surface area contributed by atoms with Crippen molar-refractivity contribution >= 4 is 23.5 Å². The van der Waals surface area contributed by atoms with Crippen molar-refractivity contribution in [2.75, 3.05) is 47.9 Å². The maximum Gasteiger partial charge on any atom is 0.359 e. The molecule has 0 saturated carbocycles. The number of carbonyl (C=O) groups excluding carboxylic acids is 4. The molecule has 2 aromatic rings. The van der Waals surface area contributed by atoms with Crippen molar-refractivity contribution in [2.24, 2.45) is 0 Å². The van der Waals surface area contributed by atoms with Gasteiger partial charge in [-0.1, -0.05) is 0 Å². The molecule has 0 radical (unpaired) electrons. The number of esters is 2. The number of nitrogens with zero attached hydrogens (tertiary/aromatic N) is 6. The molecule has 226 valence electrons. The molecule has 0 aromatic carbocycles. The fourth-order valence-corrected chi connectivity index (χ4v) is 4.91. The average molecular weight is 573 g/mol. The SMILES string of the molecule is CCOC(=O)c1nn(CC(C)N(C)C)c2c1CCCC2=O.CCOC(=O)c1nn(CCN(C)C)c2c1CCCC2=O. The van der Waals surface area contributed by atoms with E-state index in [0.717, 1.165) is 36.9 Å². The fourth-order valence-electron chi connectivity index (χ4n) is 4.91. The summed E-state index contributed by atoms with van der Waals surface area (Å²) in [4.78, 5) is 52.4. The number of fused-ring (bicyclic) bond motifs is 2. The van der Waals surface area contributed by atoms with E-state index < -0.39 is 11.9 Å². The van der Waals surface area contributed by atoms with Crippen LogP contribution in [0.15, 0.2) is 0 Å². The van der Waals surface area contributed by atoms with Gasteiger partial charge in [-0.2, -0.15) is 10.2 Å². The van der Waals surface area contributed by atoms with E-state index in [4.69, 9.17) is 9.47 Å². The third kappa shape index (κ3) is 7.68. The molecular weight excluding hydrogens is 528 g/mol. The van der Waals surface area contributed by atoms with Crippen LogP contribution in [0.5, 0.6) is 0 Å². The Bertz CT molecular complexity index is 1260. The zero-order valence-corrected chi connectivity index (χ0v) is 25.5. The first kappa shape index (κ1) is 32.1. The van der Waals surface area contributed by atoms with Crippen molar-refractivity contribution in [1.82, 2.24) is 29.4 Å². The summed E-state index contributed by atoms with van der Waals surface area (Å²) in [5, 5.41) is 8.71. The van der Waals surface area contributed by atoms with Crippen molar-refractivity contribution in [3.05, 3.63) is 33.9 Å². The minimum absolute atomic E-state index is 0.0743. The van der Waals surface area contributed by atoms with Crippen molar-refractivity contribution in [3.63, 3.8) is 0 Å². The highest BCUT2D eigenvalue weighted by Crippen LogP contribution is 2.26. The quantitative estimate of drug-likeness (QED) is 0.392. The van der Waals surface area contributed by atoms with E-state index in [1.165, 1.54) is 0 Å². The first-order valence-corrected chi connectivity index (χ1v) is 14.4. The number of likely N-dealkylation sites (N-methyl/N-ethyl adjacent to an activating group) is 2. The number of aromatic nitrogens is 4. The Balaban J connectivity index is 0.000000226. The van der Waals surface area contributed by atoms with Crippen molar-refractivity contribution in [1.29, 1.82) is 0 Å². The smallest absolute Gasteiger partial charge is 0.359 e. The summed E-state index contributed by atoms with van der Waals surface area (Å²) >= 11 is 0. The van der Waals surface area contributed by atoms with Crippen LogP contribution >= 0.6 is 0 Å². The molecule has 12 heteroatoms. The lowest BCUT2D eigenvalue weighted by Crippen LogP contribution is -2.31. The molecular formula is C29H44N6O6. The predicted molar refractivity (Wildman–Crippen MR) is 153 cm³/mol. The lowest BCUT2D eigenvalue weighted by Gasteiger charge is -2.21. The van der Waals surface area contributed by atoms with Gasteiger partial charge in [-0.05, 0) is 74.6 Å². The molecule has 0 fully saturated rings. The van der Waals surface area contributed by atoms with Crippen LogP contribution < -0.4 is 0 Å². The van der Waals surface area contributed by atoms with E-state index in [1.54, 1.807) is 23.2 Å². The first-order valence-electron chi connectivity index (χ1n) is 14.4. The summed E-state index contributed by atoms with van der Waals surface area (Å²) in [5.41, 5.74) is 3.34. The van der Waals surface area contributed by atoms with E-state index >= 15 is 0 Å². The van der Waals surface area contributed by atoms with E-state index in [9.17, 15) is 19.2 Å². The second kappa shape index (κ2) is 14.5. The van der Waals surface area contributed by atoms with Gasteiger partial charge in [-0.3, -0.25) is 19.0 Å². The topological polar surface area (TPSA) is 129 Å². The number of hydrogen-bond acceptors (Lipinski definition) is 10. The Morgan fingerprint density at radius 3 is 1.71 bits per heavy atom. The third-order valence-electron chi connectivity index (χ3n) is 7.31. The van der Waals surface area contributed by atoms with Gasteiger partial charge in [0.05, 0.1) is 26.3 Å². The van der Waals surface area contributed by atoms with Crippen LogP contribution in [-0.4, -0.2) is 107 Å². The number of ketones is 2. The molecule has 12 nitrogen and oxygen atoms in total. The number of rotatable bonds is 10. The van der Waals surface area contributed by atoms with Gasteiger partial charge in [-0.15, -0.1) is 0 Å². The number of hydrogen-bond donors (Lipinski definition) is 0. The molecule has 41 heavy (non-hydrogen) atoms. The van der Waals surface area contributed by atoms with Gasteiger partial charge < -0.3 is 19.3 Å². The van der Waals surface area contributed by atoms with Crippen LogP contribution in [0.25, 0.3) is 0 Å². The van der Waals surface area contributed by atoms with Gasteiger partial charge >= 0.3 is 11.9 Å². The number of ether oxygens (including phenoxy) is 2. The lowest BCUT2D eigenvalue weighted by atomic mass is 9.94. The summed E-state index contributed by atoms with van der Waals surface area (Å²) in [7, 11) is 7.89. The Labute approximate surface area is 241 Å². The van der Waals surface area contributed by atoms with Gasteiger partial charge in [0, 0.05) is 36.6 Å². The highest BCUT2D eigenvalue weighted by atomic mass is 16.5. The Morgan fingerprint density at radius 2 is 1.27 bits per heavy atom. The standard InChI is InChI=1S/C15H23N3O3.C14H21N3O3/c1-5-21-15(20)13-11-7-6-8-12(19)14(11)18(16-13)9-10(2)17(3)4;1-4-20-14(19)12-10-6-5-7-11(18)13(10)17(15-12)9-8-16(2)3/h10H,5-9H2,1-4H3;4-9H2,1-3H3. The zero-order chi connectivity index (χ0) is 30.3. The van der Waals surface area contributed by atoms with Crippen LogP contribution in [0, 0.1) is 0 Å². The summed E-state index contributed by atoms with van der Waals surface area (Å²) in [6.07, 6.45) is 4.04. The maximum atomic E-state index is 12.2. The molecule has 1 unspecified atom stereocenters. The van der Waals surface area contributed by atoms with E-state index in [2.05, 4.69) is 22.0 Å². The second-order valence-electron chi connectivity index (χ2n) is 10.9. The summed E-state index contributed by atoms with van der Waals surface area (Å²) in [6.45, 7) is 8.16. The average Bonchev–Trinajstić information content (AvgIpc) is 3.48. The minimum Gasteiger partial charge on any atom is -0.461 e. The normalized spacial score (nSPS) is 15.2. The van der Waals surface area contributed by atoms with Gasteiger partial charge in [0.15, 0.2) is 23.0 Å². The molecule has 4 rings (SSSR count). The second-order valence-corrected chi connectivity index (χ2v) is 10.9. The molecule has 2 aliphatic carbocycles.